The molecular formula is C13H14F3N3OS. The second-order valence-electron chi connectivity index (χ2n) is 4.56. The van der Waals surface area contributed by atoms with Gasteiger partial charge in [0.05, 0.1) is 16.4 Å². The predicted octanol–water partition coefficient (Wildman–Crippen LogP) is 2.67. The smallest absolute Gasteiger partial charge is 0.307 e. The van der Waals surface area contributed by atoms with Crippen LogP contribution in [0.15, 0.2) is 35.7 Å². The molecule has 1 aromatic heterocycles. The van der Waals surface area contributed by atoms with Gasteiger partial charge >= 0.3 is 6.18 Å². The van der Waals surface area contributed by atoms with Gasteiger partial charge in [0.1, 0.15) is 6.33 Å². The van der Waals surface area contributed by atoms with Crippen LogP contribution in [0.1, 0.15) is 17.5 Å². The van der Waals surface area contributed by atoms with Crippen LogP contribution in [0.3, 0.4) is 0 Å². The second kappa shape index (κ2) is 6.38. The van der Waals surface area contributed by atoms with E-state index in [-0.39, 0.29) is 0 Å². The van der Waals surface area contributed by atoms with Gasteiger partial charge in [-0.1, -0.05) is 12.1 Å². The third-order valence-electron chi connectivity index (χ3n) is 2.98. The molecule has 8 heteroatoms. The zero-order valence-corrected chi connectivity index (χ0v) is 12.1. The van der Waals surface area contributed by atoms with Crippen molar-refractivity contribution in [2.45, 2.75) is 30.7 Å². The Labute approximate surface area is 122 Å². The average Bonchev–Trinajstić information content (AvgIpc) is 2.87. The Morgan fingerprint density at radius 2 is 1.90 bits per heavy atom. The summed E-state index contributed by atoms with van der Waals surface area (Å²) in [6, 6.07) is 5.13. The van der Waals surface area contributed by atoms with Crippen molar-refractivity contribution >= 4 is 10.8 Å². The fourth-order valence-electron chi connectivity index (χ4n) is 1.93. The van der Waals surface area contributed by atoms with Crippen LogP contribution in [0.2, 0.25) is 0 Å². The molecule has 0 unspecified atom stereocenters. The van der Waals surface area contributed by atoms with Crippen molar-refractivity contribution in [1.29, 1.82) is 0 Å². The Kier molecular flexibility index (Phi) is 4.76. The molecular weight excluding hydrogens is 303 g/mol. The quantitative estimate of drug-likeness (QED) is 0.852. The maximum absolute atomic E-state index is 12.4. The topological polar surface area (TPSA) is 47.8 Å². The minimum atomic E-state index is -4.30. The van der Waals surface area contributed by atoms with E-state index in [0.717, 1.165) is 17.7 Å². The Hall–Kier alpha value is -1.70. The highest BCUT2D eigenvalue weighted by atomic mass is 32.2. The van der Waals surface area contributed by atoms with Crippen LogP contribution in [0.5, 0.6) is 0 Å². The zero-order chi connectivity index (χ0) is 15.5. The molecule has 0 fully saturated rings. The first-order valence-electron chi connectivity index (χ1n) is 6.25. The molecule has 0 bridgehead atoms. The first-order valence-corrected chi connectivity index (χ1v) is 7.81. The molecule has 1 heterocycles. The molecule has 2 aromatic rings. The van der Waals surface area contributed by atoms with Crippen molar-refractivity contribution in [3.63, 3.8) is 0 Å². The van der Waals surface area contributed by atoms with E-state index >= 15 is 0 Å². The van der Waals surface area contributed by atoms with Gasteiger partial charge in [-0.05, 0) is 30.5 Å². The van der Waals surface area contributed by atoms with Crippen molar-refractivity contribution in [2.24, 2.45) is 0 Å². The minimum absolute atomic E-state index is 0.405. The van der Waals surface area contributed by atoms with Gasteiger partial charge in [-0.15, -0.1) is 10.2 Å². The van der Waals surface area contributed by atoms with Crippen LogP contribution in [-0.4, -0.2) is 25.2 Å². The molecule has 114 valence electrons. The summed E-state index contributed by atoms with van der Waals surface area (Å²) in [5.41, 5.74) is 0.184. The van der Waals surface area contributed by atoms with E-state index in [4.69, 9.17) is 0 Å². The van der Waals surface area contributed by atoms with Crippen molar-refractivity contribution < 1.29 is 17.4 Å². The highest BCUT2D eigenvalue weighted by molar-refractivity contribution is 7.84. The number of hydrogen-bond donors (Lipinski definition) is 0. The van der Waals surface area contributed by atoms with Gasteiger partial charge in [0.15, 0.2) is 0 Å². The number of halogens is 3. The largest absolute Gasteiger partial charge is 0.416 e. The molecule has 2 rings (SSSR count). The van der Waals surface area contributed by atoms with Crippen LogP contribution in [0, 0.1) is 0 Å². The van der Waals surface area contributed by atoms with Crippen molar-refractivity contribution in [1.82, 2.24) is 14.8 Å². The monoisotopic (exact) mass is 317 g/mol. The molecule has 0 N–H and O–H groups in total. The molecule has 0 aliphatic rings. The number of aromatic nitrogens is 3. The summed E-state index contributed by atoms with van der Waals surface area (Å²) in [5.74, 6) is 0. The Balaban J connectivity index is 1.92. The SMILES string of the molecule is C[S@](=O)c1nncn1CCCc1ccc(C(F)(F)F)cc1. The number of nitrogens with zero attached hydrogens (tertiary/aromatic N) is 3. The predicted molar refractivity (Wildman–Crippen MR) is 72.1 cm³/mol. The molecule has 21 heavy (non-hydrogen) atoms. The normalized spacial score (nSPS) is 13.3. The van der Waals surface area contributed by atoms with E-state index in [0.29, 0.717) is 24.5 Å². The van der Waals surface area contributed by atoms with Crippen LogP contribution in [0.25, 0.3) is 0 Å². The summed E-state index contributed by atoms with van der Waals surface area (Å²) in [6.07, 6.45) is 0.0562. The molecule has 4 nitrogen and oxygen atoms in total. The fourth-order valence-corrected chi connectivity index (χ4v) is 2.57. The molecule has 0 saturated heterocycles. The molecule has 0 aliphatic carbocycles. The summed E-state index contributed by atoms with van der Waals surface area (Å²) in [7, 11) is -1.21. The van der Waals surface area contributed by atoms with Crippen LogP contribution in [-0.2, 0) is 29.9 Å². The summed E-state index contributed by atoms with van der Waals surface area (Å²) >= 11 is 0. The highest BCUT2D eigenvalue weighted by Gasteiger charge is 2.29. The summed E-state index contributed by atoms with van der Waals surface area (Å²) < 4.78 is 50.4. The van der Waals surface area contributed by atoms with E-state index in [1.807, 2.05) is 0 Å². The lowest BCUT2D eigenvalue weighted by Crippen LogP contribution is -2.06. The summed E-state index contributed by atoms with van der Waals surface area (Å²) in [4.78, 5) is 0. The van der Waals surface area contributed by atoms with Crippen LogP contribution >= 0.6 is 0 Å². The first-order chi connectivity index (χ1) is 9.88. The number of aryl methyl sites for hydroxylation is 2. The standard InChI is InChI=1S/C13H14F3N3OS/c1-21(20)12-18-17-9-19(12)8-2-3-10-4-6-11(7-5-10)13(14,15)16/h4-7,9H,2-3,8H2,1H3/t21-/m0/s1. The maximum Gasteiger partial charge on any atom is 0.416 e. The number of hydrogen-bond acceptors (Lipinski definition) is 3. The molecule has 0 aliphatic heterocycles. The lowest BCUT2D eigenvalue weighted by Gasteiger charge is -2.08. The van der Waals surface area contributed by atoms with Crippen LogP contribution in [0.4, 0.5) is 13.2 Å². The second-order valence-corrected chi connectivity index (χ2v) is 5.83. The molecule has 0 spiro atoms. The third-order valence-corrected chi connectivity index (χ3v) is 3.81. The van der Waals surface area contributed by atoms with Gasteiger partial charge < -0.3 is 4.57 Å². The van der Waals surface area contributed by atoms with E-state index in [1.54, 1.807) is 4.57 Å². The van der Waals surface area contributed by atoms with Crippen molar-refractivity contribution in [3.8, 4) is 0 Å². The molecule has 1 aromatic carbocycles. The van der Waals surface area contributed by atoms with E-state index in [9.17, 15) is 17.4 Å². The van der Waals surface area contributed by atoms with Gasteiger partial charge in [0.2, 0.25) is 5.16 Å². The number of rotatable bonds is 5. The van der Waals surface area contributed by atoms with E-state index in [2.05, 4.69) is 10.2 Å². The van der Waals surface area contributed by atoms with Crippen molar-refractivity contribution in [3.05, 3.63) is 41.7 Å². The van der Waals surface area contributed by atoms with Crippen LogP contribution < -0.4 is 0 Å². The van der Waals surface area contributed by atoms with Gasteiger partial charge in [0.25, 0.3) is 0 Å². The lowest BCUT2D eigenvalue weighted by molar-refractivity contribution is -0.137. The van der Waals surface area contributed by atoms with Gasteiger partial charge in [0, 0.05) is 12.8 Å². The first kappa shape index (κ1) is 15.7. The van der Waals surface area contributed by atoms with Crippen molar-refractivity contribution in [2.75, 3.05) is 6.26 Å². The van der Waals surface area contributed by atoms with E-state index < -0.39 is 22.5 Å². The Morgan fingerprint density at radius 1 is 1.24 bits per heavy atom. The Morgan fingerprint density at radius 3 is 2.48 bits per heavy atom. The van der Waals surface area contributed by atoms with E-state index in [1.165, 1.54) is 24.7 Å². The van der Waals surface area contributed by atoms with Gasteiger partial charge in [-0.25, -0.2) is 0 Å². The molecule has 0 saturated carbocycles. The fraction of sp³-hybridized carbons (Fsp3) is 0.385. The summed E-state index contributed by atoms with van der Waals surface area (Å²) in [6.45, 7) is 0.572. The summed E-state index contributed by atoms with van der Waals surface area (Å²) in [5, 5.41) is 7.88. The number of alkyl halides is 3. The minimum Gasteiger partial charge on any atom is -0.307 e. The maximum atomic E-state index is 12.4. The highest BCUT2D eigenvalue weighted by Crippen LogP contribution is 2.29. The molecule has 0 amide bonds. The molecule has 1 atom stereocenters. The van der Waals surface area contributed by atoms with Gasteiger partial charge in [-0.3, -0.25) is 4.21 Å². The van der Waals surface area contributed by atoms with Gasteiger partial charge in [-0.2, -0.15) is 13.2 Å². The molecule has 0 radical (unpaired) electrons. The average molecular weight is 317 g/mol. The zero-order valence-electron chi connectivity index (χ0n) is 11.3. The third kappa shape index (κ3) is 4.13. The lowest BCUT2D eigenvalue weighted by atomic mass is 10.1. The Bertz CT molecular complexity index is 622. The number of benzene rings is 1.